The van der Waals surface area contributed by atoms with Crippen molar-refractivity contribution in [3.05, 3.63) is 63.3 Å². The third-order valence-corrected chi connectivity index (χ3v) is 5.71. The molecule has 0 atom stereocenters. The van der Waals surface area contributed by atoms with Crippen molar-refractivity contribution in [2.75, 3.05) is 12.9 Å². The van der Waals surface area contributed by atoms with E-state index in [0.29, 0.717) is 22.0 Å². The average molecular weight is 409 g/mol. The Kier molecular flexibility index (Phi) is 5.18. The summed E-state index contributed by atoms with van der Waals surface area (Å²) in [7, 11) is 1.55. The number of carbonyl (C=O) groups is 1. The maximum Gasteiger partial charge on any atom is 0.438 e. The minimum absolute atomic E-state index is 0.0424. The first-order chi connectivity index (χ1) is 14.1. The van der Waals surface area contributed by atoms with Crippen LogP contribution >= 0.6 is 11.8 Å². The number of nitrogens with zero attached hydrogens (tertiary/aromatic N) is 3. The summed E-state index contributed by atoms with van der Waals surface area (Å²) in [6.45, 7) is 0. The fraction of sp³-hybridized carbons (Fsp3) is 0.250. The van der Waals surface area contributed by atoms with Crippen molar-refractivity contribution < 1.29 is 18.7 Å². The number of aryl methyl sites for hydroxylation is 2. The molecule has 0 unspecified atom stereocenters. The summed E-state index contributed by atoms with van der Waals surface area (Å²) in [5.41, 5.74) is 2.20. The highest BCUT2D eigenvalue weighted by atomic mass is 32.2. The lowest BCUT2D eigenvalue weighted by molar-refractivity contribution is -0.672. The number of pyridine rings is 1. The minimum atomic E-state index is -0.756. The highest BCUT2D eigenvalue weighted by Crippen LogP contribution is 2.28. The zero-order valence-electron chi connectivity index (χ0n) is 15.6. The second-order valence-electron chi connectivity index (χ2n) is 6.49. The number of thioether (sulfide) groups is 1. The zero-order chi connectivity index (χ0) is 20.4. The van der Waals surface area contributed by atoms with Crippen molar-refractivity contribution in [1.29, 1.82) is 5.26 Å². The monoisotopic (exact) mass is 409 g/mol. The summed E-state index contributed by atoms with van der Waals surface area (Å²) >= 11 is 1.15. The molecule has 1 aromatic carbocycles. The molecule has 0 aliphatic heterocycles. The van der Waals surface area contributed by atoms with Crippen LogP contribution in [0.2, 0.25) is 0 Å². The smallest absolute Gasteiger partial charge is 0.438 e. The van der Waals surface area contributed by atoms with Gasteiger partial charge in [-0.3, -0.25) is 9.32 Å². The van der Waals surface area contributed by atoms with Crippen LogP contribution in [0.5, 0.6) is 5.75 Å². The molecule has 1 aliphatic carbocycles. The highest BCUT2D eigenvalue weighted by molar-refractivity contribution is 8.00. The number of ketones is 1. The summed E-state index contributed by atoms with van der Waals surface area (Å²) in [4.78, 5) is 29.5. The van der Waals surface area contributed by atoms with Gasteiger partial charge in [-0.25, -0.2) is 9.78 Å². The van der Waals surface area contributed by atoms with Gasteiger partial charge in [-0.15, -0.1) is 0 Å². The van der Waals surface area contributed by atoms with Crippen LogP contribution in [0.1, 0.15) is 33.7 Å². The number of rotatable bonds is 6. The van der Waals surface area contributed by atoms with Gasteiger partial charge in [0.2, 0.25) is 11.5 Å². The third-order valence-electron chi connectivity index (χ3n) is 4.72. The predicted molar refractivity (Wildman–Crippen MR) is 103 cm³/mol. The molecule has 146 valence electrons. The Morgan fingerprint density at radius 1 is 1.38 bits per heavy atom. The van der Waals surface area contributed by atoms with Crippen LogP contribution in [-0.2, 0) is 12.8 Å². The number of Topliss-reactive ketones (excluding diaryl/α,β-unsaturated/α-hetero) is 1. The van der Waals surface area contributed by atoms with Crippen molar-refractivity contribution in [3.63, 3.8) is 0 Å². The first-order valence-corrected chi connectivity index (χ1v) is 9.96. The van der Waals surface area contributed by atoms with Gasteiger partial charge in [0, 0.05) is 17.8 Å². The summed E-state index contributed by atoms with van der Waals surface area (Å²) in [6.07, 6.45) is 2.82. The Balaban J connectivity index is 1.58. The van der Waals surface area contributed by atoms with Gasteiger partial charge in [-0.2, -0.15) is 5.26 Å². The molecule has 3 aromatic rings. The minimum Gasteiger partial charge on any atom is -0.497 e. The molecule has 29 heavy (non-hydrogen) atoms. The van der Waals surface area contributed by atoms with Crippen LogP contribution in [0.3, 0.4) is 0 Å². The van der Waals surface area contributed by atoms with Crippen LogP contribution in [-0.4, -0.2) is 28.9 Å². The van der Waals surface area contributed by atoms with Crippen LogP contribution < -0.4 is 15.0 Å². The second-order valence-corrected chi connectivity index (χ2v) is 7.45. The number of H-pyrrole nitrogens is 1. The number of ether oxygens (including phenoxy) is 1. The molecule has 9 heteroatoms. The fourth-order valence-corrected chi connectivity index (χ4v) is 4.11. The molecule has 8 nitrogen and oxygen atoms in total. The molecule has 0 saturated heterocycles. The van der Waals surface area contributed by atoms with Crippen LogP contribution in [0.4, 0.5) is 0 Å². The zero-order valence-corrected chi connectivity index (χ0v) is 16.4. The Labute approximate surface area is 170 Å². The molecule has 0 fully saturated rings. The van der Waals surface area contributed by atoms with Gasteiger partial charge in [0.15, 0.2) is 0 Å². The summed E-state index contributed by atoms with van der Waals surface area (Å²) in [5.74, 6) is 0.182. The molecule has 0 spiro atoms. The molecule has 2 heterocycles. The van der Waals surface area contributed by atoms with Gasteiger partial charge in [-0.05, 0) is 53.0 Å². The van der Waals surface area contributed by atoms with Crippen LogP contribution in [0.15, 0.2) is 44.7 Å². The number of methoxy groups -OCH3 is 1. The van der Waals surface area contributed by atoms with Gasteiger partial charge in [0.05, 0.1) is 18.4 Å². The summed E-state index contributed by atoms with van der Waals surface area (Å²) in [6, 6.07) is 10.8. The van der Waals surface area contributed by atoms with Gasteiger partial charge in [0.25, 0.3) is 0 Å². The lowest BCUT2D eigenvalue weighted by atomic mass is 10.2. The molecule has 1 aliphatic rings. The molecule has 0 radical (unpaired) electrons. The maximum absolute atomic E-state index is 12.8. The van der Waals surface area contributed by atoms with E-state index < -0.39 is 11.4 Å². The first-order valence-electron chi connectivity index (χ1n) is 8.97. The van der Waals surface area contributed by atoms with E-state index >= 15 is 0 Å². The van der Waals surface area contributed by atoms with E-state index in [9.17, 15) is 14.9 Å². The lowest BCUT2D eigenvalue weighted by Crippen LogP contribution is -2.41. The Morgan fingerprint density at radius 2 is 2.17 bits per heavy atom. The van der Waals surface area contributed by atoms with Crippen LogP contribution in [0.25, 0.3) is 5.69 Å². The third kappa shape index (κ3) is 3.67. The number of nitrogens with one attached hydrogen (secondary N) is 1. The number of aromatic amines is 1. The standard InChI is InChI=1S/C20H16N4O4S/c1-27-15-7-5-14(6-8-15)24-18(20(26)28-23-24)17(25)11-29-19-13(10-21)9-12-3-2-4-16(12)22-19/h5-9H,2-4,11H2,1H3/p+1. The van der Waals surface area contributed by atoms with Gasteiger partial charge in [-0.1, -0.05) is 11.8 Å². The van der Waals surface area contributed by atoms with Crippen LogP contribution in [0, 0.1) is 11.3 Å². The molecule has 0 amide bonds. The van der Waals surface area contributed by atoms with E-state index in [-0.39, 0.29) is 11.4 Å². The molecular weight excluding hydrogens is 392 g/mol. The molecular formula is C20H17N4O4S+. The van der Waals surface area contributed by atoms with Gasteiger partial charge < -0.3 is 4.74 Å². The van der Waals surface area contributed by atoms with Gasteiger partial charge >= 0.3 is 11.3 Å². The number of aromatic nitrogens is 3. The van der Waals surface area contributed by atoms with Crippen molar-refractivity contribution in [3.8, 4) is 17.5 Å². The molecule has 0 saturated carbocycles. The summed E-state index contributed by atoms with van der Waals surface area (Å²) < 4.78 is 11.3. The predicted octanol–water partition coefficient (Wildman–Crippen LogP) is 1.98. The van der Waals surface area contributed by atoms with E-state index in [2.05, 4.69) is 16.3 Å². The van der Waals surface area contributed by atoms with Crippen molar-refractivity contribution in [2.24, 2.45) is 0 Å². The Hall–Kier alpha value is -3.38. The van der Waals surface area contributed by atoms with E-state index in [0.717, 1.165) is 42.3 Å². The highest BCUT2D eigenvalue weighted by Gasteiger charge is 2.31. The SMILES string of the molecule is COc1ccc(-[n+]2[nH]oc(=O)c2C(=O)CSc2nc3c(cc2C#N)CCC3)cc1. The number of fused-ring (bicyclic) bond motifs is 1. The molecule has 2 aromatic heterocycles. The average Bonchev–Trinajstić information content (AvgIpc) is 3.37. The van der Waals surface area contributed by atoms with Crippen molar-refractivity contribution in [1.82, 2.24) is 10.3 Å². The number of benzene rings is 1. The van der Waals surface area contributed by atoms with Gasteiger partial charge in [0.1, 0.15) is 16.8 Å². The van der Waals surface area contributed by atoms with E-state index in [4.69, 9.17) is 9.26 Å². The summed E-state index contributed by atoms with van der Waals surface area (Å²) in [5, 5.41) is 12.4. The largest absolute Gasteiger partial charge is 0.497 e. The molecule has 4 rings (SSSR count). The Bertz CT molecular complexity index is 1170. The number of nitriles is 1. The fourth-order valence-electron chi connectivity index (χ4n) is 3.27. The quantitative estimate of drug-likeness (QED) is 0.376. The van der Waals surface area contributed by atoms with E-state index in [1.54, 1.807) is 31.4 Å². The number of hydrogen-bond donors (Lipinski definition) is 1. The maximum atomic E-state index is 12.8. The molecule has 0 bridgehead atoms. The topological polar surface area (TPSA) is 113 Å². The van der Waals surface area contributed by atoms with Crippen molar-refractivity contribution >= 4 is 17.5 Å². The lowest BCUT2D eigenvalue weighted by Gasteiger charge is -2.05. The van der Waals surface area contributed by atoms with E-state index in [1.165, 1.54) is 4.68 Å². The Morgan fingerprint density at radius 3 is 2.90 bits per heavy atom. The first kappa shape index (κ1) is 19.0. The normalized spacial score (nSPS) is 12.4. The number of carbonyl (C=O) groups excluding carboxylic acids is 1. The number of hydrogen-bond acceptors (Lipinski definition) is 7. The molecule has 1 N–H and O–H groups in total. The second kappa shape index (κ2) is 7.93. The van der Waals surface area contributed by atoms with Crippen molar-refractivity contribution in [2.45, 2.75) is 24.3 Å². The van der Waals surface area contributed by atoms with E-state index in [1.807, 2.05) is 6.07 Å².